The van der Waals surface area contributed by atoms with Gasteiger partial charge in [0, 0.05) is 42.6 Å². The number of nitrogens with zero attached hydrogens (tertiary/aromatic N) is 1. The van der Waals surface area contributed by atoms with Gasteiger partial charge in [0.1, 0.15) is 0 Å². The standard InChI is InChI=1S/C44H29NS/c1-3-11-30(12-4-1)32-19-22-35(23-20-32)45(36-24-21-31-13-7-8-16-34(31)27-36)37-25-26-39-42-29-41(33-14-5-2-6-15-33)38-17-9-10-18-40(38)44(42)46-43(39)28-37/h1-29H. The SMILES string of the molecule is c1ccc(-c2ccc(N(c3ccc4ccccc4c3)c3ccc4c(c3)sc3c5ccccc5c(-c5ccccc5)cc43)cc2)cc1. The van der Waals surface area contributed by atoms with Gasteiger partial charge in [-0.05, 0) is 80.9 Å². The predicted molar refractivity (Wildman–Crippen MR) is 200 cm³/mol. The Morgan fingerprint density at radius 1 is 0.348 bits per heavy atom. The lowest BCUT2D eigenvalue weighted by Crippen LogP contribution is -2.09. The number of benzene rings is 8. The zero-order valence-electron chi connectivity index (χ0n) is 25.1. The molecule has 0 bridgehead atoms. The van der Waals surface area contributed by atoms with Crippen molar-refractivity contribution in [1.29, 1.82) is 0 Å². The summed E-state index contributed by atoms with van der Waals surface area (Å²) in [6.07, 6.45) is 0. The highest BCUT2D eigenvalue weighted by Gasteiger charge is 2.17. The summed E-state index contributed by atoms with van der Waals surface area (Å²) >= 11 is 1.89. The first-order valence-corrected chi connectivity index (χ1v) is 16.5. The highest BCUT2D eigenvalue weighted by molar-refractivity contribution is 7.26. The first-order chi connectivity index (χ1) is 22.8. The van der Waals surface area contributed by atoms with Gasteiger partial charge in [0.2, 0.25) is 0 Å². The van der Waals surface area contributed by atoms with Crippen LogP contribution in [-0.4, -0.2) is 0 Å². The molecule has 0 aliphatic rings. The monoisotopic (exact) mass is 603 g/mol. The fourth-order valence-corrected chi connectivity index (χ4v) is 8.03. The molecule has 216 valence electrons. The molecule has 0 atom stereocenters. The van der Waals surface area contributed by atoms with Gasteiger partial charge in [0.05, 0.1) is 0 Å². The maximum Gasteiger partial charge on any atom is 0.0476 e. The van der Waals surface area contributed by atoms with Gasteiger partial charge < -0.3 is 4.90 Å². The summed E-state index contributed by atoms with van der Waals surface area (Å²) in [6, 6.07) is 63.9. The van der Waals surface area contributed by atoms with E-state index in [1.165, 1.54) is 64.0 Å². The highest BCUT2D eigenvalue weighted by atomic mass is 32.1. The van der Waals surface area contributed by atoms with Gasteiger partial charge in [-0.25, -0.2) is 0 Å². The predicted octanol–water partition coefficient (Wildman–Crippen LogP) is 13.2. The van der Waals surface area contributed by atoms with Crippen molar-refractivity contribution in [2.75, 3.05) is 4.90 Å². The van der Waals surface area contributed by atoms with Crippen molar-refractivity contribution in [2.45, 2.75) is 0 Å². The largest absolute Gasteiger partial charge is 0.310 e. The molecule has 9 rings (SSSR count). The van der Waals surface area contributed by atoms with E-state index in [1.807, 2.05) is 11.3 Å². The Bertz CT molecular complexity index is 2510. The maximum atomic E-state index is 2.40. The number of hydrogen-bond acceptors (Lipinski definition) is 2. The maximum absolute atomic E-state index is 2.40. The average molecular weight is 604 g/mol. The van der Waals surface area contributed by atoms with Crippen molar-refractivity contribution < 1.29 is 0 Å². The Hall–Kier alpha value is -5.70. The minimum Gasteiger partial charge on any atom is -0.310 e. The van der Waals surface area contributed by atoms with E-state index in [0.29, 0.717) is 0 Å². The van der Waals surface area contributed by atoms with Gasteiger partial charge in [-0.3, -0.25) is 0 Å². The summed E-state index contributed by atoms with van der Waals surface area (Å²) in [5.41, 5.74) is 8.38. The van der Waals surface area contributed by atoms with Crippen LogP contribution < -0.4 is 4.90 Å². The molecule has 1 aromatic heterocycles. The van der Waals surface area contributed by atoms with Crippen molar-refractivity contribution in [3.63, 3.8) is 0 Å². The average Bonchev–Trinajstić information content (AvgIpc) is 3.50. The van der Waals surface area contributed by atoms with E-state index < -0.39 is 0 Å². The zero-order chi connectivity index (χ0) is 30.5. The van der Waals surface area contributed by atoms with Crippen LogP contribution in [0.25, 0.3) is 64.0 Å². The molecule has 2 heteroatoms. The normalized spacial score (nSPS) is 11.5. The minimum atomic E-state index is 1.13. The fourth-order valence-electron chi connectivity index (χ4n) is 6.78. The van der Waals surface area contributed by atoms with E-state index >= 15 is 0 Å². The summed E-state index contributed by atoms with van der Waals surface area (Å²) in [6.45, 7) is 0. The van der Waals surface area contributed by atoms with Crippen LogP contribution in [0.2, 0.25) is 0 Å². The molecule has 1 heterocycles. The molecule has 0 aliphatic carbocycles. The van der Waals surface area contributed by atoms with E-state index in [-0.39, 0.29) is 0 Å². The molecule has 46 heavy (non-hydrogen) atoms. The van der Waals surface area contributed by atoms with E-state index in [0.717, 1.165) is 17.1 Å². The van der Waals surface area contributed by atoms with Crippen LogP contribution >= 0.6 is 11.3 Å². The molecule has 0 spiro atoms. The lowest BCUT2D eigenvalue weighted by Gasteiger charge is -2.26. The van der Waals surface area contributed by atoms with Crippen molar-refractivity contribution in [3.05, 3.63) is 176 Å². The number of rotatable bonds is 5. The molecule has 0 saturated carbocycles. The summed E-state index contributed by atoms with van der Waals surface area (Å²) in [4.78, 5) is 2.39. The molecular weight excluding hydrogens is 575 g/mol. The van der Waals surface area contributed by atoms with Crippen LogP contribution in [0.15, 0.2) is 176 Å². The first-order valence-electron chi connectivity index (χ1n) is 15.7. The molecule has 0 fully saturated rings. The summed E-state index contributed by atoms with van der Waals surface area (Å²) < 4.78 is 2.63. The lowest BCUT2D eigenvalue weighted by molar-refractivity contribution is 1.30. The van der Waals surface area contributed by atoms with Crippen LogP contribution in [0.5, 0.6) is 0 Å². The van der Waals surface area contributed by atoms with Crippen LogP contribution in [0.4, 0.5) is 17.1 Å². The van der Waals surface area contributed by atoms with E-state index in [1.54, 1.807) is 0 Å². The zero-order valence-corrected chi connectivity index (χ0v) is 25.9. The second-order valence-electron chi connectivity index (χ2n) is 11.8. The topological polar surface area (TPSA) is 3.24 Å². The Balaban J connectivity index is 1.23. The second-order valence-corrected chi connectivity index (χ2v) is 12.8. The fraction of sp³-hybridized carbons (Fsp3) is 0. The molecule has 0 saturated heterocycles. The van der Waals surface area contributed by atoms with Gasteiger partial charge in [-0.15, -0.1) is 11.3 Å². The Labute approximate surface area is 272 Å². The second kappa shape index (κ2) is 11.0. The smallest absolute Gasteiger partial charge is 0.0476 e. The Morgan fingerprint density at radius 3 is 1.72 bits per heavy atom. The third-order valence-electron chi connectivity index (χ3n) is 9.03. The number of hydrogen-bond donors (Lipinski definition) is 0. The molecule has 0 radical (unpaired) electrons. The molecule has 8 aromatic carbocycles. The summed E-state index contributed by atoms with van der Waals surface area (Å²) in [7, 11) is 0. The number of fused-ring (bicyclic) bond motifs is 6. The molecule has 1 nitrogen and oxygen atoms in total. The van der Waals surface area contributed by atoms with E-state index in [2.05, 4.69) is 181 Å². The van der Waals surface area contributed by atoms with Gasteiger partial charge in [0.25, 0.3) is 0 Å². The van der Waals surface area contributed by atoms with Crippen LogP contribution in [0, 0.1) is 0 Å². The van der Waals surface area contributed by atoms with E-state index in [9.17, 15) is 0 Å². The third-order valence-corrected chi connectivity index (χ3v) is 10.2. The third kappa shape index (κ3) is 4.54. The quantitative estimate of drug-likeness (QED) is 0.189. The summed E-state index contributed by atoms with van der Waals surface area (Å²) in [5, 5.41) is 7.69. The van der Waals surface area contributed by atoms with Gasteiger partial charge in [-0.2, -0.15) is 0 Å². The first kappa shape index (κ1) is 26.7. The number of thiophene rings is 1. The van der Waals surface area contributed by atoms with E-state index in [4.69, 9.17) is 0 Å². The molecule has 0 aliphatic heterocycles. The number of anilines is 3. The van der Waals surface area contributed by atoms with Gasteiger partial charge >= 0.3 is 0 Å². The molecule has 0 N–H and O–H groups in total. The van der Waals surface area contributed by atoms with Crippen molar-refractivity contribution in [1.82, 2.24) is 0 Å². The van der Waals surface area contributed by atoms with Crippen LogP contribution in [0.3, 0.4) is 0 Å². The highest BCUT2D eigenvalue weighted by Crippen LogP contribution is 2.45. The van der Waals surface area contributed by atoms with Crippen molar-refractivity contribution in [3.8, 4) is 22.3 Å². The molecule has 0 unspecified atom stereocenters. The Morgan fingerprint density at radius 2 is 0.935 bits per heavy atom. The van der Waals surface area contributed by atoms with Crippen molar-refractivity contribution in [2.24, 2.45) is 0 Å². The minimum absolute atomic E-state index is 1.13. The summed E-state index contributed by atoms with van der Waals surface area (Å²) in [5.74, 6) is 0. The molecule has 0 amide bonds. The Kier molecular flexibility index (Phi) is 6.40. The molecule has 9 aromatic rings. The van der Waals surface area contributed by atoms with Crippen molar-refractivity contribution >= 4 is 70.1 Å². The lowest BCUT2D eigenvalue weighted by atomic mass is 9.95. The van der Waals surface area contributed by atoms with Gasteiger partial charge in [-0.1, -0.05) is 133 Å². The van der Waals surface area contributed by atoms with Crippen LogP contribution in [0.1, 0.15) is 0 Å². The van der Waals surface area contributed by atoms with Crippen LogP contribution in [-0.2, 0) is 0 Å². The molecular formula is C44H29NS. The van der Waals surface area contributed by atoms with Gasteiger partial charge in [0.15, 0.2) is 0 Å².